The fourth-order valence-corrected chi connectivity index (χ4v) is 2.37. The average molecular weight is 289 g/mol. The predicted octanol–water partition coefficient (Wildman–Crippen LogP) is 2.11. The lowest BCUT2D eigenvalue weighted by Gasteiger charge is -2.14. The molecular weight excluding hydrogens is 276 g/mol. The molecule has 1 atom stereocenters. The van der Waals surface area contributed by atoms with Gasteiger partial charge < -0.3 is 19.3 Å². The molecule has 16 heavy (non-hydrogen) atoms. The normalized spacial score (nSPS) is 15.0. The number of methoxy groups -OCH3 is 1. The minimum absolute atomic E-state index is 0.210. The molecule has 88 valence electrons. The van der Waals surface area contributed by atoms with Gasteiger partial charge >= 0.3 is 0 Å². The molecule has 0 aliphatic carbocycles. The average Bonchev–Trinajstić information content (AvgIpc) is 2.64. The van der Waals surface area contributed by atoms with Crippen molar-refractivity contribution in [2.45, 2.75) is 19.4 Å². The van der Waals surface area contributed by atoms with Crippen LogP contribution in [0.4, 0.5) is 0 Å². The summed E-state index contributed by atoms with van der Waals surface area (Å²) in [7, 11) is 1.59. The fraction of sp³-hybridized carbons (Fsp3) is 0.455. The van der Waals surface area contributed by atoms with Crippen LogP contribution in [-0.2, 0) is 6.42 Å². The van der Waals surface area contributed by atoms with Gasteiger partial charge in [0.1, 0.15) is 5.75 Å². The summed E-state index contributed by atoms with van der Waals surface area (Å²) in [5.41, 5.74) is 0.833. The second kappa shape index (κ2) is 4.51. The highest BCUT2D eigenvalue weighted by atomic mass is 79.9. The van der Waals surface area contributed by atoms with Crippen molar-refractivity contribution in [3.63, 3.8) is 0 Å². The number of hydrogen-bond acceptors (Lipinski definition) is 4. The maximum absolute atomic E-state index is 9.48. The third kappa shape index (κ3) is 1.97. The monoisotopic (exact) mass is 288 g/mol. The third-order valence-corrected chi connectivity index (χ3v) is 2.96. The third-order valence-electron chi connectivity index (χ3n) is 2.37. The topological polar surface area (TPSA) is 47.9 Å². The first-order valence-corrected chi connectivity index (χ1v) is 5.75. The molecule has 0 bridgehead atoms. The first-order valence-electron chi connectivity index (χ1n) is 4.96. The Hall–Kier alpha value is -0.940. The van der Waals surface area contributed by atoms with Crippen LogP contribution in [0.2, 0.25) is 0 Å². The van der Waals surface area contributed by atoms with Gasteiger partial charge in [0.25, 0.3) is 0 Å². The summed E-state index contributed by atoms with van der Waals surface area (Å²) in [5, 5.41) is 9.48. The molecule has 1 aliphatic rings. The molecule has 0 saturated heterocycles. The molecule has 0 fully saturated rings. The predicted molar refractivity (Wildman–Crippen MR) is 62.2 cm³/mol. The first kappa shape index (κ1) is 11.5. The number of rotatable bonds is 3. The van der Waals surface area contributed by atoms with Crippen LogP contribution in [0, 0.1) is 0 Å². The Labute approximate surface area is 102 Å². The quantitative estimate of drug-likeness (QED) is 0.926. The smallest absolute Gasteiger partial charge is 0.231 e. The van der Waals surface area contributed by atoms with Crippen molar-refractivity contribution in [1.29, 1.82) is 0 Å². The number of aliphatic hydroxyl groups excluding tert-OH is 1. The minimum Gasteiger partial charge on any atom is -0.495 e. The van der Waals surface area contributed by atoms with Crippen LogP contribution < -0.4 is 14.2 Å². The Morgan fingerprint density at radius 1 is 1.56 bits per heavy atom. The molecule has 1 unspecified atom stereocenters. The van der Waals surface area contributed by atoms with Crippen molar-refractivity contribution in [2.75, 3.05) is 13.9 Å². The minimum atomic E-state index is -0.462. The molecule has 1 aliphatic heterocycles. The van der Waals surface area contributed by atoms with Gasteiger partial charge in [0, 0.05) is 18.1 Å². The van der Waals surface area contributed by atoms with Gasteiger partial charge in [0.15, 0.2) is 11.5 Å². The Morgan fingerprint density at radius 2 is 2.31 bits per heavy atom. The lowest BCUT2D eigenvalue weighted by Crippen LogP contribution is -2.07. The fourth-order valence-electron chi connectivity index (χ4n) is 1.76. The zero-order valence-electron chi connectivity index (χ0n) is 9.12. The van der Waals surface area contributed by atoms with Crippen molar-refractivity contribution >= 4 is 15.9 Å². The summed E-state index contributed by atoms with van der Waals surface area (Å²) in [6, 6.07) is 1.81. The van der Waals surface area contributed by atoms with E-state index >= 15 is 0 Å². The molecule has 0 amide bonds. The van der Waals surface area contributed by atoms with Gasteiger partial charge in [-0.25, -0.2) is 0 Å². The second-order valence-electron chi connectivity index (χ2n) is 3.66. The molecule has 2 rings (SSSR count). The lowest BCUT2D eigenvalue weighted by molar-refractivity contribution is 0.169. The number of aliphatic hydroxyl groups is 1. The maximum atomic E-state index is 9.48. The van der Waals surface area contributed by atoms with Crippen molar-refractivity contribution < 1.29 is 19.3 Å². The van der Waals surface area contributed by atoms with Gasteiger partial charge in [-0.05, 0) is 22.9 Å². The molecule has 0 radical (unpaired) electrons. The van der Waals surface area contributed by atoms with E-state index < -0.39 is 6.10 Å². The van der Waals surface area contributed by atoms with Gasteiger partial charge in [-0.15, -0.1) is 0 Å². The first-order chi connectivity index (χ1) is 7.63. The van der Waals surface area contributed by atoms with Crippen LogP contribution >= 0.6 is 15.9 Å². The Kier molecular flexibility index (Phi) is 3.25. The van der Waals surface area contributed by atoms with Crippen molar-refractivity contribution in [3.05, 3.63) is 16.1 Å². The summed E-state index contributed by atoms with van der Waals surface area (Å²) in [5.74, 6) is 2.04. The summed E-state index contributed by atoms with van der Waals surface area (Å²) in [6.45, 7) is 1.93. The van der Waals surface area contributed by atoms with Gasteiger partial charge in [-0.1, -0.05) is 0 Å². The Morgan fingerprint density at radius 3 is 2.94 bits per heavy atom. The molecule has 0 spiro atoms. The van der Waals surface area contributed by atoms with Crippen LogP contribution in [0.1, 0.15) is 12.5 Å². The number of fused-ring (bicyclic) bond motifs is 1. The number of benzene rings is 1. The van der Waals surface area contributed by atoms with Crippen LogP contribution in [0.15, 0.2) is 10.5 Å². The van der Waals surface area contributed by atoms with E-state index in [0.717, 1.165) is 10.0 Å². The zero-order valence-corrected chi connectivity index (χ0v) is 10.7. The molecule has 5 heteroatoms. The maximum Gasteiger partial charge on any atom is 0.231 e. The molecule has 1 aromatic carbocycles. The molecule has 1 N–H and O–H groups in total. The number of hydrogen-bond donors (Lipinski definition) is 1. The van der Waals surface area contributed by atoms with E-state index in [2.05, 4.69) is 15.9 Å². The van der Waals surface area contributed by atoms with Gasteiger partial charge in [-0.3, -0.25) is 0 Å². The Bertz CT molecular complexity index is 400. The summed E-state index contributed by atoms with van der Waals surface area (Å²) < 4.78 is 16.8. The summed E-state index contributed by atoms with van der Waals surface area (Å²) >= 11 is 3.41. The Balaban J connectivity index is 2.52. The molecule has 0 aromatic heterocycles. The van der Waals surface area contributed by atoms with Crippen molar-refractivity contribution in [2.24, 2.45) is 0 Å². The van der Waals surface area contributed by atoms with Crippen LogP contribution in [0.3, 0.4) is 0 Å². The largest absolute Gasteiger partial charge is 0.495 e. The molecule has 4 nitrogen and oxygen atoms in total. The van der Waals surface area contributed by atoms with Gasteiger partial charge in [-0.2, -0.15) is 0 Å². The van der Waals surface area contributed by atoms with E-state index in [1.54, 1.807) is 14.0 Å². The number of ether oxygens (including phenoxy) is 3. The van der Waals surface area contributed by atoms with Crippen LogP contribution in [0.25, 0.3) is 0 Å². The standard InChI is InChI=1S/C11H13BrO4/c1-6(13)3-7-10(14-2)8(12)4-9-11(7)16-5-15-9/h4,6,13H,3,5H2,1-2H3. The highest BCUT2D eigenvalue weighted by Gasteiger charge is 2.24. The summed E-state index contributed by atoms with van der Waals surface area (Å²) in [6.07, 6.45) is 0.00500. The van der Waals surface area contributed by atoms with E-state index in [1.807, 2.05) is 6.07 Å². The summed E-state index contributed by atoms with van der Waals surface area (Å²) in [4.78, 5) is 0. The molecule has 1 aromatic rings. The van der Waals surface area contributed by atoms with Gasteiger partial charge in [0.2, 0.25) is 6.79 Å². The van der Waals surface area contributed by atoms with Gasteiger partial charge in [0.05, 0.1) is 17.7 Å². The van der Waals surface area contributed by atoms with E-state index in [9.17, 15) is 5.11 Å². The second-order valence-corrected chi connectivity index (χ2v) is 4.51. The van der Waals surface area contributed by atoms with Crippen LogP contribution in [-0.4, -0.2) is 25.1 Å². The zero-order chi connectivity index (χ0) is 11.7. The highest BCUT2D eigenvalue weighted by Crippen LogP contribution is 2.45. The highest BCUT2D eigenvalue weighted by molar-refractivity contribution is 9.10. The van der Waals surface area contributed by atoms with E-state index in [-0.39, 0.29) is 6.79 Å². The molecule has 0 saturated carbocycles. The number of halogens is 1. The SMILES string of the molecule is COc1c(Br)cc2c(c1CC(C)O)OCO2. The van der Waals surface area contributed by atoms with E-state index in [4.69, 9.17) is 14.2 Å². The van der Waals surface area contributed by atoms with Crippen molar-refractivity contribution in [1.82, 2.24) is 0 Å². The van der Waals surface area contributed by atoms with Crippen LogP contribution in [0.5, 0.6) is 17.2 Å². The van der Waals surface area contributed by atoms with Crippen molar-refractivity contribution in [3.8, 4) is 17.2 Å². The van der Waals surface area contributed by atoms with E-state index in [1.165, 1.54) is 0 Å². The van der Waals surface area contributed by atoms with E-state index in [0.29, 0.717) is 23.7 Å². The molecule has 1 heterocycles. The lowest BCUT2D eigenvalue weighted by atomic mass is 10.1. The molecular formula is C11H13BrO4.